The standard InChI is InChI=1S/C14H24N4O/c1-2-3-12-10-14(18-11-17-12)16-8-9-19-13-4-6-15-7-5-13/h10-11,13,15H,2-9H2,1H3,(H,16,17,18). The van der Waals surface area contributed by atoms with Gasteiger partial charge in [0.15, 0.2) is 0 Å². The number of anilines is 1. The molecular formula is C14H24N4O. The second-order valence-electron chi connectivity index (χ2n) is 4.89. The zero-order valence-electron chi connectivity index (χ0n) is 11.7. The van der Waals surface area contributed by atoms with Crippen molar-refractivity contribution in [2.24, 2.45) is 0 Å². The summed E-state index contributed by atoms with van der Waals surface area (Å²) in [5.74, 6) is 0.896. The highest BCUT2D eigenvalue weighted by Crippen LogP contribution is 2.08. The lowest BCUT2D eigenvalue weighted by Crippen LogP contribution is -2.33. The van der Waals surface area contributed by atoms with Gasteiger partial charge in [-0.05, 0) is 32.4 Å². The van der Waals surface area contributed by atoms with E-state index in [1.54, 1.807) is 6.33 Å². The van der Waals surface area contributed by atoms with Crippen LogP contribution in [-0.4, -0.2) is 42.3 Å². The predicted octanol–water partition coefficient (Wildman–Crippen LogP) is 1.61. The van der Waals surface area contributed by atoms with Crippen molar-refractivity contribution in [3.8, 4) is 0 Å². The number of rotatable bonds is 7. The Bertz CT molecular complexity index is 366. The van der Waals surface area contributed by atoms with Crippen molar-refractivity contribution >= 4 is 5.82 Å². The molecule has 0 atom stereocenters. The van der Waals surface area contributed by atoms with Crippen molar-refractivity contribution in [2.45, 2.75) is 38.7 Å². The molecule has 0 aliphatic carbocycles. The number of nitrogens with zero attached hydrogens (tertiary/aromatic N) is 2. The van der Waals surface area contributed by atoms with Gasteiger partial charge in [0.2, 0.25) is 0 Å². The van der Waals surface area contributed by atoms with E-state index in [0.29, 0.717) is 6.10 Å². The summed E-state index contributed by atoms with van der Waals surface area (Å²) in [4.78, 5) is 8.46. The summed E-state index contributed by atoms with van der Waals surface area (Å²) in [6.45, 7) is 5.83. The predicted molar refractivity (Wildman–Crippen MR) is 76.4 cm³/mol. The van der Waals surface area contributed by atoms with Gasteiger partial charge in [0.05, 0.1) is 12.7 Å². The lowest BCUT2D eigenvalue weighted by Gasteiger charge is -2.23. The van der Waals surface area contributed by atoms with Gasteiger partial charge in [-0.1, -0.05) is 13.3 Å². The van der Waals surface area contributed by atoms with Crippen LogP contribution in [0.1, 0.15) is 31.9 Å². The molecule has 2 heterocycles. The zero-order valence-corrected chi connectivity index (χ0v) is 11.7. The van der Waals surface area contributed by atoms with Gasteiger partial charge < -0.3 is 15.4 Å². The molecular weight excluding hydrogens is 240 g/mol. The number of hydrogen-bond acceptors (Lipinski definition) is 5. The van der Waals surface area contributed by atoms with Crippen LogP contribution in [0.15, 0.2) is 12.4 Å². The third-order valence-corrected chi connectivity index (χ3v) is 3.28. The summed E-state index contributed by atoms with van der Waals surface area (Å²) < 4.78 is 5.84. The Balaban J connectivity index is 1.65. The summed E-state index contributed by atoms with van der Waals surface area (Å²) in [7, 11) is 0. The van der Waals surface area contributed by atoms with Crippen LogP contribution in [0.3, 0.4) is 0 Å². The van der Waals surface area contributed by atoms with Crippen LogP contribution in [0, 0.1) is 0 Å². The fourth-order valence-corrected chi connectivity index (χ4v) is 2.25. The molecule has 0 unspecified atom stereocenters. The van der Waals surface area contributed by atoms with E-state index in [0.717, 1.165) is 63.4 Å². The SMILES string of the molecule is CCCc1cc(NCCOC2CCNCC2)ncn1. The summed E-state index contributed by atoms with van der Waals surface area (Å²) in [6.07, 6.45) is 6.39. The van der Waals surface area contributed by atoms with E-state index >= 15 is 0 Å². The molecule has 1 saturated heterocycles. The highest BCUT2D eigenvalue weighted by Gasteiger charge is 2.12. The molecule has 2 rings (SSSR count). The Kier molecular flexibility index (Phi) is 6.04. The maximum Gasteiger partial charge on any atom is 0.129 e. The molecule has 0 radical (unpaired) electrons. The van der Waals surface area contributed by atoms with Gasteiger partial charge in [-0.2, -0.15) is 0 Å². The van der Waals surface area contributed by atoms with Gasteiger partial charge in [-0.15, -0.1) is 0 Å². The lowest BCUT2D eigenvalue weighted by atomic mass is 10.1. The molecule has 1 aromatic heterocycles. The minimum atomic E-state index is 0.420. The quantitative estimate of drug-likeness (QED) is 0.733. The van der Waals surface area contributed by atoms with Crippen LogP contribution < -0.4 is 10.6 Å². The minimum Gasteiger partial charge on any atom is -0.376 e. The Morgan fingerprint density at radius 1 is 1.37 bits per heavy atom. The number of aromatic nitrogens is 2. The van der Waals surface area contributed by atoms with Crippen LogP contribution >= 0.6 is 0 Å². The normalized spacial score (nSPS) is 16.5. The van der Waals surface area contributed by atoms with Crippen LogP contribution in [0.5, 0.6) is 0 Å². The molecule has 0 saturated carbocycles. The van der Waals surface area contributed by atoms with Gasteiger partial charge >= 0.3 is 0 Å². The van der Waals surface area contributed by atoms with Gasteiger partial charge in [0.25, 0.3) is 0 Å². The van der Waals surface area contributed by atoms with E-state index < -0.39 is 0 Å². The summed E-state index contributed by atoms with van der Waals surface area (Å²) in [6, 6.07) is 2.02. The molecule has 19 heavy (non-hydrogen) atoms. The Hall–Kier alpha value is -1.20. The zero-order chi connectivity index (χ0) is 13.3. The molecule has 5 nitrogen and oxygen atoms in total. The summed E-state index contributed by atoms with van der Waals surface area (Å²) in [5.41, 5.74) is 1.10. The van der Waals surface area contributed by atoms with E-state index in [1.807, 2.05) is 6.07 Å². The molecule has 1 fully saturated rings. The maximum absolute atomic E-state index is 5.84. The van der Waals surface area contributed by atoms with Crippen molar-refractivity contribution in [2.75, 3.05) is 31.6 Å². The fourth-order valence-electron chi connectivity index (χ4n) is 2.25. The molecule has 106 valence electrons. The Morgan fingerprint density at radius 3 is 3.00 bits per heavy atom. The van der Waals surface area contributed by atoms with Crippen molar-refractivity contribution in [3.63, 3.8) is 0 Å². The van der Waals surface area contributed by atoms with E-state index in [1.165, 1.54) is 0 Å². The molecule has 0 aromatic carbocycles. The smallest absolute Gasteiger partial charge is 0.129 e. The first-order valence-electron chi connectivity index (χ1n) is 7.25. The summed E-state index contributed by atoms with van der Waals surface area (Å²) >= 11 is 0. The molecule has 0 spiro atoms. The number of aryl methyl sites for hydroxylation is 1. The lowest BCUT2D eigenvalue weighted by molar-refractivity contribution is 0.0394. The molecule has 1 aliphatic heterocycles. The van der Waals surface area contributed by atoms with Crippen LogP contribution in [0.4, 0.5) is 5.82 Å². The van der Waals surface area contributed by atoms with E-state index in [2.05, 4.69) is 27.5 Å². The molecule has 1 aromatic rings. The minimum absolute atomic E-state index is 0.420. The van der Waals surface area contributed by atoms with Crippen molar-refractivity contribution in [3.05, 3.63) is 18.1 Å². The highest BCUT2D eigenvalue weighted by molar-refractivity contribution is 5.34. The largest absolute Gasteiger partial charge is 0.376 e. The van der Waals surface area contributed by atoms with Crippen molar-refractivity contribution in [1.82, 2.24) is 15.3 Å². The van der Waals surface area contributed by atoms with E-state index in [4.69, 9.17) is 4.74 Å². The second kappa shape index (κ2) is 8.07. The fraction of sp³-hybridized carbons (Fsp3) is 0.714. The highest BCUT2D eigenvalue weighted by atomic mass is 16.5. The Morgan fingerprint density at radius 2 is 2.21 bits per heavy atom. The monoisotopic (exact) mass is 264 g/mol. The third kappa shape index (κ3) is 5.12. The van der Waals surface area contributed by atoms with Crippen LogP contribution in [0.25, 0.3) is 0 Å². The van der Waals surface area contributed by atoms with Crippen molar-refractivity contribution in [1.29, 1.82) is 0 Å². The van der Waals surface area contributed by atoms with E-state index in [-0.39, 0.29) is 0 Å². The molecule has 2 N–H and O–H groups in total. The van der Waals surface area contributed by atoms with Gasteiger partial charge in [0.1, 0.15) is 12.1 Å². The van der Waals surface area contributed by atoms with Gasteiger partial charge in [-0.3, -0.25) is 0 Å². The first-order chi connectivity index (χ1) is 9.38. The molecule has 0 bridgehead atoms. The summed E-state index contributed by atoms with van der Waals surface area (Å²) in [5, 5.41) is 6.63. The average Bonchev–Trinajstić information content (AvgIpc) is 2.46. The number of nitrogens with one attached hydrogen (secondary N) is 2. The first-order valence-corrected chi connectivity index (χ1v) is 7.25. The maximum atomic E-state index is 5.84. The van der Waals surface area contributed by atoms with Crippen LogP contribution in [-0.2, 0) is 11.2 Å². The number of ether oxygens (including phenoxy) is 1. The number of hydrogen-bond donors (Lipinski definition) is 2. The van der Waals surface area contributed by atoms with Gasteiger partial charge in [-0.25, -0.2) is 9.97 Å². The second-order valence-corrected chi connectivity index (χ2v) is 4.89. The molecule has 1 aliphatic rings. The van der Waals surface area contributed by atoms with E-state index in [9.17, 15) is 0 Å². The van der Waals surface area contributed by atoms with Gasteiger partial charge in [0, 0.05) is 18.3 Å². The topological polar surface area (TPSA) is 59.1 Å². The average molecular weight is 264 g/mol. The molecule has 0 amide bonds. The third-order valence-electron chi connectivity index (χ3n) is 3.28. The first kappa shape index (κ1) is 14.2. The molecule has 5 heteroatoms. The Labute approximate surface area is 115 Å². The van der Waals surface area contributed by atoms with Crippen LogP contribution in [0.2, 0.25) is 0 Å². The van der Waals surface area contributed by atoms with Crippen molar-refractivity contribution < 1.29 is 4.74 Å². The number of piperidine rings is 1.